The number of rotatable bonds is 6. The topological polar surface area (TPSA) is 35.5 Å². The normalized spacial score (nSPS) is 10.2. The zero-order valence-electron chi connectivity index (χ0n) is 12.1. The first-order chi connectivity index (χ1) is 10.1. The van der Waals surface area contributed by atoms with Crippen LogP contribution < -0.4 is 9.47 Å². The smallest absolute Gasteiger partial charge is 0.169 e. The van der Waals surface area contributed by atoms with Crippen molar-refractivity contribution in [2.45, 2.75) is 20.3 Å². The first kappa shape index (κ1) is 15.0. The number of halogens is 1. The van der Waals surface area contributed by atoms with Crippen LogP contribution in [-0.4, -0.2) is 12.4 Å². The van der Waals surface area contributed by atoms with E-state index in [2.05, 4.69) is 0 Å². The average Bonchev–Trinajstić information content (AvgIpc) is 2.48. The van der Waals surface area contributed by atoms with Crippen LogP contribution in [0.25, 0.3) is 0 Å². The summed E-state index contributed by atoms with van der Waals surface area (Å²) in [7, 11) is 0. The Morgan fingerprint density at radius 2 is 1.81 bits per heavy atom. The quantitative estimate of drug-likeness (QED) is 0.728. The standard InChI is InChI=1S/C17H17FO3/c1-3-10-20-16-6-4-5-7-17(16)21-15-9-8-13(12(2)19)11-14(15)18/h4-9,11H,3,10H2,1-2H3. The maximum atomic E-state index is 14.0. The molecule has 0 heterocycles. The van der Waals surface area contributed by atoms with Gasteiger partial charge < -0.3 is 9.47 Å². The molecular weight excluding hydrogens is 271 g/mol. The number of carbonyl (C=O) groups is 1. The van der Waals surface area contributed by atoms with Gasteiger partial charge in [0, 0.05) is 5.56 Å². The summed E-state index contributed by atoms with van der Waals surface area (Å²) in [5.74, 6) is 0.308. The molecule has 2 rings (SSSR count). The van der Waals surface area contributed by atoms with Gasteiger partial charge in [0.05, 0.1) is 6.61 Å². The molecule has 0 aromatic heterocycles. The van der Waals surface area contributed by atoms with Crippen molar-refractivity contribution in [3.8, 4) is 17.2 Å². The van der Waals surface area contributed by atoms with Crippen LogP contribution in [0.3, 0.4) is 0 Å². The fourth-order valence-corrected chi connectivity index (χ4v) is 1.79. The molecule has 4 heteroatoms. The van der Waals surface area contributed by atoms with E-state index >= 15 is 0 Å². The van der Waals surface area contributed by atoms with E-state index in [0.717, 1.165) is 6.42 Å². The van der Waals surface area contributed by atoms with Crippen LogP contribution >= 0.6 is 0 Å². The second-order valence-corrected chi connectivity index (χ2v) is 4.60. The Balaban J connectivity index is 2.24. The van der Waals surface area contributed by atoms with E-state index in [9.17, 15) is 9.18 Å². The second kappa shape index (κ2) is 6.88. The number of para-hydroxylation sites is 2. The zero-order chi connectivity index (χ0) is 15.2. The van der Waals surface area contributed by atoms with Crippen LogP contribution in [0, 0.1) is 5.82 Å². The first-order valence-corrected chi connectivity index (χ1v) is 6.82. The number of Topliss-reactive ketones (excluding diaryl/α,β-unsaturated/α-hetero) is 1. The minimum atomic E-state index is -0.576. The van der Waals surface area contributed by atoms with Gasteiger partial charge in [0.2, 0.25) is 0 Å². The molecule has 110 valence electrons. The summed E-state index contributed by atoms with van der Waals surface area (Å²) >= 11 is 0. The number of ether oxygens (including phenoxy) is 2. The monoisotopic (exact) mass is 288 g/mol. The molecule has 0 aliphatic rings. The lowest BCUT2D eigenvalue weighted by molar-refractivity contribution is 0.101. The summed E-state index contributed by atoms with van der Waals surface area (Å²) in [5, 5.41) is 0. The summed E-state index contributed by atoms with van der Waals surface area (Å²) in [4.78, 5) is 11.2. The fraction of sp³-hybridized carbons (Fsp3) is 0.235. The van der Waals surface area contributed by atoms with Crippen LogP contribution in [0.5, 0.6) is 17.2 Å². The third-order valence-electron chi connectivity index (χ3n) is 2.87. The van der Waals surface area contributed by atoms with Crippen LogP contribution in [0.2, 0.25) is 0 Å². The first-order valence-electron chi connectivity index (χ1n) is 6.82. The second-order valence-electron chi connectivity index (χ2n) is 4.60. The number of carbonyl (C=O) groups excluding carboxylic acids is 1. The molecule has 2 aromatic rings. The Morgan fingerprint density at radius 1 is 1.10 bits per heavy atom. The van der Waals surface area contributed by atoms with Crippen LogP contribution in [0.1, 0.15) is 30.6 Å². The zero-order valence-corrected chi connectivity index (χ0v) is 12.1. The van der Waals surface area contributed by atoms with Crippen LogP contribution in [0.4, 0.5) is 4.39 Å². The van der Waals surface area contributed by atoms with Crippen molar-refractivity contribution in [1.82, 2.24) is 0 Å². The fourth-order valence-electron chi connectivity index (χ4n) is 1.79. The number of hydrogen-bond acceptors (Lipinski definition) is 3. The van der Waals surface area contributed by atoms with E-state index in [1.807, 2.05) is 13.0 Å². The molecule has 0 aliphatic carbocycles. The molecule has 0 radical (unpaired) electrons. The minimum absolute atomic E-state index is 0.0625. The van der Waals surface area contributed by atoms with Gasteiger partial charge in [-0.25, -0.2) is 4.39 Å². The molecule has 0 amide bonds. The van der Waals surface area contributed by atoms with Crippen LogP contribution in [-0.2, 0) is 0 Å². The molecule has 0 fully saturated rings. The molecular formula is C17H17FO3. The van der Waals surface area contributed by atoms with Crippen molar-refractivity contribution < 1.29 is 18.7 Å². The molecule has 0 aliphatic heterocycles. The number of ketones is 1. The highest BCUT2D eigenvalue weighted by Crippen LogP contribution is 2.32. The van der Waals surface area contributed by atoms with Crippen molar-refractivity contribution in [2.75, 3.05) is 6.61 Å². The molecule has 0 atom stereocenters. The third-order valence-corrected chi connectivity index (χ3v) is 2.87. The van der Waals surface area contributed by atoms with Gasteiger partial charge in [0.15, 0.2) is 28.8 Å². The van der Waals surface area contributed by atoms with Crippen molar-refractivity contribution in [3.05, 3.63) is 53.8 Å². The van der Waals surface area contributed by atoms with Gasteiger partial charge in [0.25, 0.3) is 0 Å². The van der Waals surface area contributed by atoms with Crippen LogP contribution in [0.15, 0.2) is 42.5 Å². The lowest BCUT2D eigenvalue weighted by Gasteiger charge is -2.12. The molecule has 0 saturated heterocycles. The van der Waals surface area contributed by atoms with E-state index in [4.69, 9.17) is 9.47 Å². The van der Waals surface area contributed by atoms with Gasteiger partial charge >= 0.3 is 0 Å². The third kappa shape index (κ3) is 3.81. The summed E-state index contributed by atoms with van der Waals surface area (Å²) in [6.07, 6.45) is 0.871. The molecule has 0 saturated carbocycles. The number of benzene rings is 2. The highest BCUT2D eigenvalue weighted by molar-refractivity contribution is 5.94. The lowest BCUT2D eigenvalue weighted by atomic mass is 10.1. The van der Waals surface area contributed by atoms with Gasteiger partial charge in [-0.05, 0) is 43.7 Å². The van der Waals surface area contributed by atoms with E-state index in [0.29, 0.717) is 23.7 Å². The molecule has 0 unspecified atom stereocenters. The minimum Gasteiger partial charge on any atom is -0.490 e. The Morgan fingerprint density at radius 3 is 2.43 bits per heavy atom. The predicted molar refractivity (Wildman–Crippen MR) is 78.7 cm³/mol. The molecule has 2 aromatic carbocycles. The Bertz CT molecular complexity index is 638. The van der Waals surface area contributed by atoms with Gasteiger partial charge in [-0.2, -0.15) is 0 Å². The van der Waals surface area contributed by atoms with Crippen molar-refractivity contribution in [1.29, 1.82) is 0 Å². The molecule has 0 bridgehead atoms. The summed E-state index contributed by atoms with van der Waals surface area (Å²) in [6.45, 7) is 3.96. The van der Waals surface area contributed by atoms with Gasteiger partial charge in [-0.15, -0.1) is 0 Å². The van der Waals surface area contributed by atoms with Gasteiger partial charge in [0.1, 0.15) is 0 Å². The van der Waals surface area contributed by atoms with Gasteiger partial charge in [-0.1, -0.05) is 19.1 Å². The molecule has 3 nitrogen and oxygen atoms in total. The lowest BCUT2D eigenvalue weighted by Crippen LogP contribution is -1.99. The van der Waals surface area contributed by atoms with E-state index in [1.165, 1.54) is 25.1 Å². The van der Waals surface area contributed by atoms with E-state index < -0.39 is 5.82 Å². The molecule has 0 N–H and O–H groups in total. The Kier molecular flexibility index (Phi) is 4.93. The largest absolute Gasteiger partial charge is 0.490 e. The predicted octanol–water partition coefficient (Wildman–Crippen LogP) is 4.61. The highest BCUT2D eigenvalue weighted by atomic mass is 19.1. The summed E-state index contributed by atoms with van der Waals surface area (Å²) in [5.41, 5.74) is 0.315. The average molecular weight is 288 g/mol. The SMILES string of the molecule is CCCOc1ccccc1Oc1ccc(C(C)=O)cc1F. The van der Waals surface area contributed by atoms with Crippen molar-refractivity contribution in [2.24, 2.45) is 0 Å². The Labute approximate surface area is 123 Å². The number of hydrogen-bond donors (Lipinski definition) is 0. The van der Waals surface area contributed by atoms with E-state index in [-0.39, 0.29) is 11.5 Å². The Hall–Kier alpha value is -2.36. The van der Waals surface area contributed by atoms with Gasteiger partial charge in [-0.3, -0.25) is 4.79 Å². The maximum absolute atomic E-state index is 14.0. The van der Waals surface area contributed by atoms with E-state index in [1.54, 1.807) is 18.2 Å². The highest BCUT2D eigenvalue weighted by Gasteiger charge is 2.11. The molecule has 21 heavy (non-hydrogen) atoms. The molecule has 0 spiro atoms. The van der Waals surface area contributed by atoms with Crippen molar-refractivity contribution >= 4 is 5.78 Å². The summed E-state index contributed by atoms with van der Waals surface area (Å²) < 4.78 is 25.1. The maximum Gasteiger partial charge on any atom is 0.169 e. The van der Waals surface area contributed by atoms with Crippen molar-refractivity contribution in [3.63, 3.8) is 0 Å². The summed E-state index contributed by atoms with van der Waals surface area (Å²) in [6, 6.07) is 11.3.